The molecule has 18 nitrogen and oxygen atoms in total. The number of hydrogen-bond donors (Lipinski definition) is 7. The van der Waals surface area contributed by atoms with Gasteiger partial charge in [-0.25, -0.2) is 19.4 Å². The first kappa shape index (κ1) is 45.0. The van der Waals surface area contributed by atoms with Gasteiger partial charge in [0.25, 0.3) is 5.56 Å². The second-order valence-electron chi connectivity index (χ2n) is 15.7. The summed E-state index contributed by atoms with van der Waals surface area (Å²) in [6.07, 6.45) is 1.23. The van der Waals surface area contributed by atoms with Gasteiger partial charge in [0.05, 0.1) is 41.7 Å². The van der Waals surface area contributed by atoms with Crippen molar-refractivity contribution in [3.8, 4) is 17.1 Å². The molecule has 0 aliphatic carbocycles. The van der Waals surface area contributed by atoms with E-state index in [9.17, 15) is 33.9 Å². The first-order valence-corrected chi connectivity index (χ1v) is 20.8. The zero-order valence-electron chi connectivity index (χ0n) is 35.3. The van der Waals surface area contributed by atoms with Gasteiger partial charge in [0.1, 0.15) is 25.0 Å². The van der Waals surface area contributed by atoms with Gasteiger partial charge in [0, 0.05) is 35.3 Å². The number of benzene rings is 2. The Morgan fingerprint density at radius 2 is 1.73 bits per heavy atom. The molecule has 0 saturated heterocycles. The normalized spacial score (nSPS) is 16.0. The highest BCUT2D eigenvalue weighted by atomic mass is 16.6. The lowest BCUT2D eigenvalue weighted by atomic mass is 9.86. The molecule has 2 aliphatic rings. The Labute approximate surface area is 358 Å². The standard InChI is InChI=1S/C44H54N8O10/c1-5-28-29-19-27(14-15-33(29)50-37-30(28)21-52-35(37)20-32-31(40(52)55)23-61-41(56)44(32,59)6-2)60-18-8-17-48-43(58)62-22-25-10-12-26(13-11-25)49-38(53)34(9-7-16-47-42(46)57)51-39(54)36(45)24(3)4/h10-15,19-20,24,34,36,59H,5-9,16-18,21-23,45H2,1-4H3,(H,48,58)(H,49,53)(H,51,54)(H3,46,47,57)/t34-,36-,44-/m0/s1. The molecule has 62 heavy (non-hydrogen) atoms. The minimum Gasteiger partial charge on any atom is -0.494 e. The molecule has 5 amide bonds. The van der Waals surface area contributed by atoms with Crippen LogP contribution in [0.4, 0.5) is 15.3 Å². The van der Waals surface area contributed by atoms with Crippen molar-refractivity contribution in [3.63, 3.8) is 0 Å². The van der Waals surface area contributed by atoms with Crippen LogP contribution < -0.4 is 43.0 Å². The summed E-state index contributed by atoms with van der Waals surface area (Å²) in [7, 11) is 0. The van der Waals surface area contributed by atoms with Gasteiger partial charge in [-0.05, 0) is 85.5 Å². The van der Waals surface area contributed by atoms with Crippen LogP contribution in [-0.2, 0) is 55.6 Å². The van der Waals surface area contributed by atoms with Gasteiger partial charge in [-0.15, -0.1) is 0 Å². The van der Waals surface area contributed by atoms with Crippen LogP contribution >= 0.6 is 0 Å². The number of urea groups is 1. The van der Waals surface area contributed by atoms with E-state index in [2.05, 4.69) is 21.3 Å². The number of nitrogens with two attached hydrogens (primary N) is 2. The SMILES string of the molecule is CCc1c2c(nc3ccc(OCCCNC(=O)OCc4ccc(NC(=O)[C@H](CCCNC(N)=O)NC(=O)[C@@H](N)C(C)C)cc4)cc13)-c1cc3c(c(=O)n1C2)COC(=O)[C@]3(O)CC. The quantitative estimate of drug-likeness (QED) is 0.0495. The number of aromatic nitrogens is 2. The number of amides is 5. The highest BCUT2D eigenvalue weighted by Crippen LogP contribution is 2.40. The van der Waals surface area contributed by atoms with Crippen LogP contribution in [0.15, 0.2) is 53.3 Å². The van der Waals surface area contributed by atoms with E-state index in [0.29, 0.717) is 72.9 Å². The Morgan fingerprint density at radius 1 is 0.984 bits per heavy atom. The summed E-state index contributed by atoms with van der Waals surface area (Å²) in [6.45, 7) is 8.25. The third-order valence-corrected chi connectivity index (χ3v) is 11.2. The van der Waals surface area contributed by atoms with Crippen molar-refractivity contribution < 1.29 is 43.3 Å². The Balaban J connectivity index is 0.979. The predicted molar refractivity (Wildman–Crippen MR) is 229 cm³/mol. The highest BCUT2D eigenvalue weighted by Gasteiger charge is 2.45. The summed E-state index contributed by atoms with van der Waals surface area (Å²) < 4.78 is 18.2. The Kier molecular flexibility index (Phi) is 14.1. The second-order valence-corrected chi connectivity index (χ2v) is 15.7. The van der Waals surface area contributed by atoms with Crippen molar-refractivity contribution in [2.75, 3.05) is 25.0 Å². The number of primary amides is 1. The molecule has 2 aromatic carbocycles. The van der Waals surface area contributed by atoms with Crippen molar-refractivity contribution in [2.45, 2.75) is 97.2 Å². The predicted octanol–water partition coefficient (Wildman–Crippen LogP) is 3.19. The zero-order valence-corrected chi connectivity index (χ0v) is 35.3. The topological polar surface area (TPSA) is 268 Å². The molecule has 2 aromatic heterocycles. The summed E-state index contributed by atoms with van der Waals surface area (Å²) in [5, 5.41) is 22.7. The fraction of sp³-hybridized carbons (Fsp3) is 0.432. The molecule has 0 radical (unpaired) electrons. The van der Waals surface area contributed by atoms with E-state index < -0.39 is 47.6 Å². The van der Waals surface area contributed by atoms with Gasteiger partial charge in [-0.1, -0.05) is 39.8 Å². The van der Waals surface area contributed by atoms with Gasteiger partial charge >= 0.3 is 18.1 Å². The Hall–Kier alpha value is -6.53. The lowest BCUT2D eigenvalue weighted by molar-refractivity contribution is -0.172. The molecule has 0 unspecified atom stereocenters. The number of fused-ring (bicyclic) bond motifs is 5. The molecule has 0 bridgehead atoms. The van der Waals surface area contributed by atoms with E-state index >= 15 is 0 Å². The zero-order chi connectivity index (χ0) is 44.7. The number of ether oxygens (including phenoxy) is 3. The minimum atomic E-state index is -1.90. The minimum absolute atomic E-state index is 0.0130. The summed E-state index contributed by atoms with van der Waals surface area (Å²) >= 11 is 0. The largest absolute Gasteiger partial charge is 0.494 e. The molecular weight excluding hydrogens is 801 g/mol. The number of nitrogens with zero attached hydrogens (tertiary/aromatic N) is 2. The number of hydrogen-bond acceptors (Lipinski definition) is 12. The fourth-order valence-electron chi connectivity index (χ4n) is 7.56. The van der Waals surface area contributed by atoms with E-state index in [0.717, 1.165) is 16.5 Å². The second kappa shape index (κ2) is 19.5. The van der Waals surface area contributed by atoms with Gasteiger partial charge in [-0.3, -0.25) is 14.4 Å². The number of anilines is 1. The molecule has 3 atom stereocenters. The summed E-state index contributed by atoms with van der Waals surface area (Å²) in [5.41, 5.74) is 14.4. The third kappa shape index (κ3) is 9.81. The van der Waals surface area contributed by atoms with Crippen molar-refractivity contribution in [1.82, 2.24) is 25.5 Å². The van der Waals surface area contributed by atoms with Crippen LogP contribution in [0.25, 0.3) is 22.3 Å². The smallest absolute Gasteiger partial charge is 0.407 e. The summed E-state index contributed by atoms with van der Waals surface area (Å²) in [6, 6.07) is 11.6. The maximum atomic E-state index is 13.6. The van der Waals surface area contributed by atoms with Crippen LogP contribution in [0.5, 0.6) is 5.75 Å². The van der Waals surface area contributed by atoms with Gasteiger partial charge in [-0.2, -0.15) is 0 Å². The fourth-order valence-corrected chi connectivity index (χ4v) is 7.56. The summed E-state index contributed by atoms with van der Waals surface area (Å²) in [4.78, 5) is 80.3. The van der Waals surface area contributed by atoms with E-state index in [-0.39, 0.29) is 55.2 Å². The lowest BCUT2D eigenvalue weighted by Crippen LogP contribution is -2.51. The van der Waals surface area contributed by atoms with Crippen LogP contribution in [-0.4, -0.2) is 76.3 Å². The van der Waals surface area contributed by atoms with Crippen molar-refractivity contribution in [2.24, 2.45) is 17.4 Å². The Morgan fingerprint density at radius 3 is 2.42 bits per heavy atom. The highest BCUT2D eigenvalue weighted by molar-refractivity contribution is 5.98. The molecule has 18 heteroatoms. The van der Waals surface area contributed by atoms with Crippen molar-refractivity contribution >= 4 is 46.5 Å². The van der Waals surface area contributed by atoms with Crippen molar-refractivity contribution in [3.05, 3.63) is 86.7 Å². The maximum Gasteiger partial charge on any atom is 0.407 e. The number of alkyl carbamates (subject to hydrolysis) is 1. The van der Waals surface area contributed by atoms with E-state index in [1.54, 1.807) is 55.7 Å². The molecule has 4 aromatic rings. The number of pyridine rings is 2. The number of carbonyl (C=O) groups is 5. The average molecular weight is 855 g/mol. The number of rotatable bonds is 18. The molecule has 6 rings (SSSR count). The Bertz CT molecular complexity index is 2420. The lowest BCUT2D eigenvalue weighted by Gasteiger charge is -2.31. The molecule has 2 aliphatic heterocycles. The van der Waals surface area contributed by atoms with Crippen LogP contribution in [0.3, 0.4) is 0 Å². The third-order valence-electron chi connectivity index (χ3n) is 11.2. The number of nitrogens with one attached hydrogen (secondary N) is 4. The molecule has 330 valence electrons. The molecule has 0 spiro atoms. The number of cyclic esters (lactones) is 1. The maximum absolute atomic E-state index is 13.6. The number of aryl methyl sites for hydroxylation is 1. The van der Waals surface area contributed by atoms with Gasteiger partial charge < -0.3 is 56.6 Å². The van der Waals surface area contributed by atoms with Crippen LogP contribution in [0.2, 0.25) is 0 Å². The van der Waals surface area contributed by atoms with E-state index in [4.69, 9.17) is 30.7 Å². The molecule has 0 saturated carbocycles. The first-order chi connectivity index (χ1) is 29.6. The number of carbonyl (C=O) groups excluding carboxylic acids is 5. The number of esters is 1. The van der Waals surface area contributed by atoms with Crippen LogP contribution in [0.1, 0.15) is 81.2 Å². The van der Waals surface area contributed by atoms with Gasteiger partial charge in [0.2, 0.25) is 11.8 Å². The average Bonchev–Trinajstić information content (AvgIpc) is 3.62. The van der Waals surface area contributed by atoms with Crippen LogP contribution in [0, 0.1) is 5.92 Å². The first-order valence-electron chi connectivity index (χ1n) is 20.8. The molecule has 4 heterocycles. The van der Waals surface area contributed by atoms with Crippen molar-refractivity contribution in [1.29, 1.82) is 0 Å². The van der Waals surface area contributed by atoms with Gasteiger partial charge in [0.15, 0.2) is 5.60 Å². The molecule has 9 N–H and O–H groups in total. The summed E-state index contributed by atoms with van der Waals surface area (Å²) in [5.74, 6) is -1.20. The molecule has 0 fully saturated rings. The molecular formula is C44H54N8O10. The monoisotopic (exact) mass is 854 g/mol. The van der Waals surface area contributed by atoms with E-state index in [1.807, 2.05) is 25.1 Å². The number of aliphatic hydroxyl groups is 1. The van der Waals surface area contributed by atoms with E-state index in [1.165, 1.54) is 0 Å².